The lowest BCUT2D eigenvalue weighted by molar-refractivity contribution is 0.102. The molecule has 4 rings (SSSR count). The molecular formula is C21H22FN5O2. The Kier molecular flexibility index (Phi) is 5.37. The van der Waals surface area contributed by atoms with E-state index in [9.17, 15) is 9.18 Å². The first-order valence-electron chi connectivity index (χ1n) is 9.44. The third-order valence-electron chi connectivity index (χ3n) is 5.10. The summed E-state index contributed by atoms with van der Waals surface area (Å²) in [5, 5.41) is 10.2. The van der Waals surface area contributed by atoms with Crippen LogP contribution >= 0.6 is 0 Å². The largest absolute Gasteiger partial charge is 0.334 e. The fourth-order valence-corrected chi connectivity index (χ4v) is 3.31. The number of aromatic nitrogens is 2. The zero-order valence-corrected chi connectivity index (χ0v) is 16.3. The number of hydrogen-bond acceptors (Lipinski definition) is 6. The van der Waals surface area contributed by atoms with Crippen LogP contribution in [0.4, 0.5) is 10.1 Å². The first kappa shape index (κ1) is 19.2. The van der Waals surface area contributed by atoms with Crippen LogP contribution in [-0.4, -0.2) is 47.6 Å². The Morgan fingerprint density at radius 1 is 1.31 bits per heavy atom. The maximum absolute atomic E-state index is 13.9. The van der Waals surface area contributed by atoms with E-state index in [2.05, 4.69) is 25.7 Å². The highest BCUT2D eigenvalue weighted by Gasteiger charge is 2.25. The lowest BCUT2D eigenvalue weighted by Crippen LogP contribution is -2.44. The summed E-state index contributed by atoms with van der Waals surface area (Å²) in [7, 11) is 2.03. The molecule has 1 aliphatic rings. The molecular weight excluding hydrogens is 373 g/mol. The number of halogens is 1. The van der Waals surface area contributed by atoms with Crippen LogP contribution in [0.15, 0.2) is 47.0 Å². The maximum atomic E-state index is 13.9. The number of likely N-dealkylation sites (N-methyl/N-ethyl adjacent to an activating group) is 1. The summed E-state index contributed by atoms with van der Waals surface area (Å²) in [6.07, 6.45) is 0. The highest BCUT2D eigenvalue weighted by molar-refractivity contribution is 6.05. The van der Waals surface area contributed by atoms with Gasteiger partial charge in [0.1, 0.15) is 5.82 Å². The number of aryl methyl sites for hydroxylation is 1. The molecule has 1 aliphatic heterocycles. The molecule has 0 saturated carbocycles. The number of benzene rings is 2. The summed E-state index contributed by atoms with van der Waals surface area (Å²) >= 11 is 0. The molecule has 0 spiro atoms. The number of hydrogen-bond donors (Lipinski definition) is 2. The highest BCUT2D eigenvalue weighted by Crippen LogP contribution is 2.27. The van der Waals surface area contributed by atoms with Gasteiger partial charge in [0.05, 0.1) is 11.6 Å². The number of amides is 1. The Morgan fingerprint density at radius 3 is 2.93 bits per heavy atom. The Bertz CT molecular complexity index is 1040. The van der Waals surface area contributed by atoms with Crippen molar-refractivity contribution in [2.45, 2.75) is 13.0 Å². The first-order chi connectivity index (χ1) is 14.0. The average molecular weight is 395 g/mol. The monoisotopic (exact) mass is 395 g/mol. The molecule has 1 amide bonds. The minimum absolute atomic E-state index is 0.00906. The Balaban J connectivity index is 1.57. The molecule has 0 bridgehead atoms. The average Bonchev–Trinajstić information content (AvgIpc) is 3.20. The van der Waals surface area contributed by atoms with Gasteiger partial charge in [0.25, 0.3) is 11.8 Å². The molecule has 150 valence electrons. The zero-order chi connectivity index (χ0) is 20.4. The number of rotatable bonds is 4. The minimum Gasteiger partial charge on any atom is -0.334 e. The van der Waals surface area contributed by atoms with Gasteiger partial charge >= 0.3 is 0 Å². The SMILES string of the molecule is Cc1ccc(-c2nc(C3CNCCN3C)no2)cc1NC(=O)c1ccccc1F. The first-order valence-corrected chi connectivity index (χ1v) is 9.44. The summed E-state index contributed by atoms with van der Waals surface area (Å²) in [6, 6.07) is 11.4. The highest BCUT2D eigenvalue weighted by atomic mass is 19.1. The Hall–Kier alpha value is -3.10. The molecule has 1 saturated heterocycles. The molecule has 2 heterocycles. The summed E-state index contributed by atoms with van der Waals surface area (Å²) in [5.74, 6) is -0.0809. The van der Waals surface area contributed by atoms with E-state index in [-0.39, 0.29) is 11.6 Å². The van der Waals surface area contributed by atoms with Crippen LogP contribution in [-0.2, 0) is 0 Å². The number of carbonyl (C=O) groups excluding carboxylic acids is 1. The van der Waals surface area contributed by atoms with Crippen molar-refractivity contribution in [2.24, 2.45) is 0 Å². The molecule has 1 aromatic heterocycles. The number of piperazine rings is 1. The Morgan fingerprint density at radius 2 is 2.14 bits per heavy atom. The van der Waals surface area contributed by atoms with E-state index in [4.69, 9.17) is 4.52 Å². The molecule has 0 aliphatic carbocycles. The van der Waals surface area contributed by atoms with Crippen molar-refractivity contribution in [3.05, 3.63) is 65.2 Å². The fraction of sp³-hybridized carbons (Fsp3) is 0.286. The number of carbonyl (C=O) groups is 1. The van der Waals surface area contributed by atoms with Crippen molar-refractivity contribution in [3.63, 3.8) is 0 Å². The lowest BCUT2D eigenvalue weighted by Gasteiger charge is -2.30. The van der Waals surface area contributed by atoms with Gasteiger partial charge in [0, 0.05) is 30.9 Å². The van der Waals surface area contributed by atoms with E-state index in [1.165, 1.54) is 12.1 Å². The second-order valence-corrected chi connectivity index (χ2v) is 7.12. The van der Waals surface area contributed by atoms with E-state index < -0.39 is 11.7 Å². The zero-order valence-electron chi connectivity index (χ0n) is 16.3. The Labute approximate surface area is 167 Å². The van der Waals surface area contributed by atoms with Gasteiger partial charge in [-0.05, 0) is 43.8 Å². The number of anilines is 1. The third-order valence-corrected chi connectivity index (χ3v) is 5.10. The number of nitrogens with one attached hydrogen (secondary N) is 2. The van der Waals surface area contributed by atoms with Gasteiger partial charge in [0.15, 0.2) is 5.82 Å². The molecule has 2 N–H and O–H groups in total. The normalized spacial score (nSPS) is 17.3. The van der Waals surface area contributed by atoms with Crippen LogP contribution < -0.4 is 10.6 Å². The van der Waals surface area contributed by atoms with Gasteiger partial charge in [-0.15, -0.1) is 0 Å². The van der Waals surface area contributed by atoms with Crippen LogP contribution in [0.2, 0.25) is 0 Å². The second-order valence-electron chi connectivity index (χ2n) is 7.12. The van der Waals surface area contributed by atoms with Crippen molar-refractivity contribution < 1.29 is 13.7 Å². The lowest BCUT2D eigenvalue weighted by atomic mass is 10.1. The molecule has 29 heavy (non-hydrogen) atoms. The summed E-state index contributed by atoms with van der Waals surface area (Å²) in [4.78, 5) is 19.2. The molecule has 0 radical (unpaired) electrons. The van der Waals surface area contributed by atoms with Gasteiger partial charge in [-0.2, -0.15) is 4.98 Å². The van der Waals surface area contributed by atoms with Crippen molar-refractivity contribution >= 4 is 11.6 Å². The quantitative estimate of drug-likeness (QED) is 0.707. The smallest absolute Gasteiger partial charge is 0.258 e. The minimum atomic E-state index is -0.564. The van der Waals surface area contributed by atoms with Crippen molar-refractivity contribution in [1.82, 2.24) is 20.4 Å². The predicted molar refractivity (Wildman–Crippen MR) is 107 cm³/mol. The van der Waals surface area contributed by atoms with Gasteiger partial charge in [-0.3, -0.25) is 9.69 Å². The van der Waals surface area contributed by atoms with Crippen LogP contribution in [0.25, 0.3) is 11.5 Å². The van der Waals surface area contributed by atoms with E-state index in [1.54, 1.807) is 18.2 Å². The fourth-order valence-electron chi connectivity index (χ4n) is 3.31. The van der Waals surface area contributed by atoms with Crippen LogP contribution in [0.5, 0.6) is 0 Å². The predicted octanol–water partition coefficient (Wildman–Crippen LogP) is 3.01. The van der Waals surface area contributed by atoms with E-state index in [0.29, 0.717) is 23.0 Å². The second kappa shape index (κ2) is 8.10. The van der Waals surface area contributed by atoms with Crippen LogP contribution in [0, 0.1) is 12.7 Å². The summed E-state index contributed by atoms with van der Waals surface area (Å²) < 4.78 is 19.4. The summed E-state index contributed by atoms with van der Waals surface area (Å²) in [5.41, 5.74) is 2.08. The third kappa shape index (κ3) is 4.03. The molecule has 3 aromatic rings. The van der Waals surface area contributed by atoms with Crippen LogP contribution in [0.1, 0.15) is 27.8 Å². The topological polar surface area (TPSA) is 83.3 Å². The molecule has 7 nitrogen and oxygen atoms in total. The molecule has 1 fully saturated rings. The van der Waals surface area contributed by atoms with E-state index in [1.807, 2.05) is 26.1 Å². The van der Waals surface area contributed by atoms with Crippen molar-refractivity contribution in [1.29, 1.82) is 0 Å². The molecule has 2 aromatic carbocycles. The van der Waals surface area contributed by atoms with Gasteiger partial charge in [0.2, 0.25) is 0 Å². The van der Waals surface area contributed by atoms with Gasteiger partial charge in [-0.1, -0.05) is 23.4 Å². The van der Waals surface area contributed by atoms with E-state index >= 15 is 0 Å². The van der Waals surface area contributed by atoms with Crippen LogP contribution in [0.3, 0.4) is 0 Å². The molecule has 1 atom stereocenters. The molecule has 1 unspecified atom stereocenters. The standard InChI is InChI=1S/C21H22FN5O2/c1-13-7-8-14(11-17(13)24-20(28)15-5-3-4-6-16(15)22)21-25-19(26-29-21)18-12-23-9-10-27(18)2/h3-8,11,18,23H,9-10,12H2,1-2H3,(H,24,28). The molecule has 8 heteroatoms. The van der Waals surface area contributed by atoms with Crippen molar-refractivity contribution in [2.75, 3.05) is 32.0 Å². The van der Waals surface area contributed by atoms with Gasteiger partial charge in [-0.25, -0.2) is 4.39 Å². The summed E-state index contributed by atoms with van der Waals surface area (Å²) in [6.45, 7) is 4.46. The maximum Gasteiger partial charge on any atom is 0.258 e. The van der Waals surface area contributed by atoms with Crippen molar-refractivity contribution in [3.8, 4) is 11.5 Å². The van der Waals surface area contributed by atoms with Gasteiger partial charge < -0.3 is 15.2 Å². The van der Waals surface area contributed by atoms with E-state index in [0.717, 1.165) is 25.2 Å². The number of nitrogens with zero attached hydrogens (tertiary/aromatic N) is 3.